The van der Waals surface area contributed by atoms with Gasteiger partial charge in [0.2, 0.25) is 5.75 Å². The number of nitro groups is 1. The highest BCUT2D eigenvalue weighted by Crippen LogP contribution is 2.35. The second-order valence-corrected chi connectivity index (χ2v) is 3.81. The number of nitrogens with zero attached hydrogens (tertiary/aromatic N) is 1. The normalized spacial score (nSPS) is 9.68. The Morgan fingerprint density at radius 3 is 2.32 bits per heavy atom. The summed E-state index contributed by atoms with van der Waals surface area (Å²) in [5.41, 5.74) is 4.75. The van der Waals surface area contributed by atoms with Crippen LogP contribution in [0.5, 0.6) is 11.5 Å². The SMILES string of the molecule is COc1cc(OC(C)C)c([N+](=O)[O-])cc1C(N)=O.Cl. The third-order valence-corrected chi connectivity index (χ3v) is 2.11. The van der Waals surface area contributed by atoms with Crippen molar-refractivity contribution >= 4 is 24.0 Å². The van der Waals surface area contributed by atoms with E-state index >= 15 is 0 Å². The number of rotatable bonds is 5. The number of halogens is 1. The first kappa shape index (κ1) is 17.0. The number of carbonyl (C=O) groups is 1. The minimum Gasteiger partial charge on any atom is -0.496 e. The van der Waals surface area contributed by atoms with Crippen LogP contribution in [0.3, 0.4) is 0 Å². The lowest BCUT2D eigenvalue weighted by Gasteiger charge is -2.12. The van der Waals surface area contributed by atoms with E-state index in [9.17, 15) is 14.9 Å². The third kappa shape index (κ3) is 3.99. The molecule has 8 heteroatoms. The fourth-order valence-corrected chi connectivity index (χ4v) is 1.40. The number of benzene rings is 1. The quantitative estimate of drug-likeness (QED) is 0.659. The fraction of sp³-hybridized carbons (Fsp3) is 0.364. The van der Waals surface area contributed by atoms with Crippen LogP contribution in [0.15, 0.2) is 12.1 Å². The summed E-state index contributed by atoms with van der Waals surface area (Å²) in [4.78, 5) is 21.4. The number of nitro benzene ring substituents is 1. The second kappa shape index (κ2) is 6.79. The zero-order valence-electron chi connectivity index (χ0n) is 10.7. The largest absolute Gasteiger partial charge is 0.496 e. The summed E-state index contributed by atoms with van der Waals surface area (Å²) >= 11 is 0. The van der Waals surface area contributed by atoms with Crippen LogP contribution in [0.2, 0.25) is 0 Å². The molecule has 7 nitrogen and oxygen atoms in total. The van der Waals surface area contributed by atoms with Crippen LogP contribution in [0.25, 0.3) is 0 Å². The van der Waals surface area contributed by atoms with E-state index in [-0.39, 0.29) is 41.3 Å². The van der Waals surface area contributed by atoms with Gasteiger partial charge in [0.1, 0.15) is 5.75 Å². The number of carbonyl (C=O) groups excluding carboxylic acids is 1. The van der Waals surface area contributed by atoms with Crippen LogP contribution >= 0.6 is 12.4 Å². The maximum Gasteiger partial charge on any atom is 0.312 e. The van der Waals surface area contributed by atoms with Crippen molar-refractivity contribution < 1.29 is 19.2 Å². The van der Waals surface area contributed by atoms with Gasteiger partial charge in [-0.2, -0.15) is 0 Å². The van der Waals surface area contributed by atoms with Crippen LogP contribution in [0.4, 0.5) is 5.69 Å². The molecule has 2 N–H and O–H groups in total. The Morgan fingerprint density at radius 1 is 1.37 bits per heavy atom. The summed E-state index contributed by atoms with van der Waals surface area (Å²) < 4.78 is 10.3. The molecule has 0 fully saturated rings. The summed E-state index contributed by atoms with van der Waals surface area (Å²) in [7, 11) is 1.34. The van der Waals surface area contributed by atoms with Gasteiger partial charge in [-0.3, -0.25) is 14.9 Å². The Balaban J connectivity index is 0.00000324. The van der Waals surface area contributed by atoms with Crippen molar-refractivity contribution in [3.63, 3.8) is 0 Å². The molecule has 0 saturated heterocycles. The smallest absolute Gasteiger partial charge is 0.312 e. The maximum atomic E-state index is 11.2. The van der Waals surface area contributed by atoms with Crippen LogP contribution in [-0.4, -0.2) is 24.0 Å². The maximum absolute atomic E-state index is 11.2. The molecule has 1 aromatic carbocycles. The molecule has 0 aliphatic rings. The van der Waals surface area contributed by atoms with Gasteiger partial charge < -0.3 is 15.2 Å². The molecule has 106 valence electrons. The lowest BCUT2D eigenvalue weighted by atomic mass is 10.1. The van der Waals surface area contributed by atoms with E-state index in [2.05, 4.69) is 0 Å². The van der Waals surface area contributed by atoms with Gasteiger partial charge >= 0.3 is 5.69 Å². The molecule has 1 aromatic rings. The molecule has 0 radical (unpaired) electrons. The lowest BCUT2D eigenvalue weighted by Crippen LogP contribution is -2.14. The number of primary amides is 1. The molecule has 0 bridgehead atoms. The van der Waals surface area contributed by atoms with Gasteiger partial charge in [0.25, 0.3) is 5.91 Å². The monoisotopic (exact) mass is 290 g/mol. The zero-order valence-corrected chi connectivity index (χ0v) is 11.5. The Morgan fingerprint density at radius 2 is 1.95 bits per heavy atom. The summed E-state index contributed by atoms with van der Waals surface area (Å²) in [6.45, 7) is 3.47. The van der Waals surface area contributed by atoms with Crippen molar-refractivity contribution in [3.05, 3.63) is 27.8 Å². The summed E-state index contributed by atoms with van der Waals surface area (Å²) in [5.74, 6) is -0.619. The minimum atomic E-state index is -0.800. The molecule has 1 rings (SSSR count). The van der Waals surface area contributed by atoms with Crippen molar-refractivity contribution in [1.29, 1.82) is 0 Å². The molecule has 0 heterocycles. The first-order chi connectivity index (χ1) is 8.36. The van der Waals surface area contributed by atoms with Crippen molar-refractivity contribution in [3.8, 4) is 11.5 Å². The highest BCUT2D eigenvalue weighted by molar-refractivity contribution is 5.96. The average Bonchev–Trinajstić information content (AvgIpc) is 2.26. The molecule has 0 aliphatic carbocycles. The van der Waals surface area contributed by atoms with Crippen LogP contribution in [0, 0.1) is 10.1 Å². The Hall–Kier alpha value is -2.02. The van der Waals surface area contributed by atoms with Crippen molar-refractivity contribution in [2.75, 3.05) is 7.11 Å². The van der Waals surface area contributed by atoms with Gasteiger partial charge in [0.05, 0.1) is 23.7 Å². The molecule has 0 aliphatic heterocycles. The van der Waals surface area contributed by atoms with Crippen LogP contribution < -0.4 is 15.2 Å². The van der Waals surface area contributed by atoms with Gasteiger partial charge in [-0.15, -0.1) is 12.4 Å². The average molecular weight is 291 g/mol. The number of ether oxygens (including phenoxy) is 2. The molecule has 19 heavy (non-hydrogen) atoms. The standard InChI is InChI=1S/C11H14N2O5.ClH/c1-6(2)18-10-5-9(17-3)7(11(12)14)4-8(10)13(15)16;/h4-6H,1-3H3,(H2,12,14);1H. The predicted molar refractivity (Wildman–Crippen MR) is 71.2 cm³/mol. The van der Waals surface area contributed by atoms with Crippen molar-refractivity contribution in [2.45, 2.75) is 20.0 Å². The first-order valence-corrected chi connectivity index (χ1v) is 5.19. The van der Waals surface area contributed by atoms with Gasteiger partial charge in [-0.1, -0.05) is 0 Å². The van der Waals surface area contributed by atoms with E-state index in [1.807, 2.05) is 0 Å². The Bertz CT molecular complexity index is 490. The Labute approximate surface area is 116 Å². The van der Waals surface area contributed by atoms with E-state index in [0.717, 1.165) is 6.07 Å². The molecule has 0 spiro atoms. The van der Waals surface area contributed by atoms with Crippen LogP contribution in [0.1, 0.15) is 24.2 Å². The molecular weight excluding hydrogens is 276 g/mol. The number of hydrogen-bond acceptors (Lipinski definition) is 5. The number of nitrogens with two attached hydrogens (primary N) is 1. The third-order valence-electron chi connectivity index (χ3n) is 2.11. The van der Waals surface area contributed by atoms with Crippen molar-refractivity contribution in [2.24, 2.45) is 5.73 Å². The van der Waals surface area contributed by atoms with Gasteiger partial charge in [0.15, 0.2) is 0 Å². The minimum absolute atomic E-state index is 0. The molecule has 0 unspecified atom stereocenters. The molecule has 0 aromatic heterocycles. The number of amides is 1. The summed E-state index contributed by atoms with van der Waals surface area (Å²) in [6, 6.07) is 2.34. The molecule has 0 saturated carbocycles. The highest BCUT2D eigenvalue weighted by atomic mass is 35.5. The number of hydrogen-bond donors (Lipinski definition) is 1. The topological polar surface area (TPSA) is 105 Å². The fourth-order valence-electron chi connectivity index (χ4n) is 1.40. The van der Waals surface area contributed by atoms with E-state index < -0.39 is 10.8 Å². The highest BCUT2D eigenvalue weighted by Gasteiger charge is 2.23. The zero-order chi connectivity index (χ0) is 13.9. The Kier molecular flexibility index (Phi) is 6.07. The van der Waals surface area contributed by atoms with Gasteiger partial charge in [-0.05, 0) is 13.8 Å². The van der Waals surface area contributed by atoms with E-state index in [4.69, 9.17) is 15.2 Å². The van der Waals surface area contributed by atoms with E-state index in [1.165, 1.54) is 13.2 Å². The van der Waals surface area contributed by atoms with Gasteiger partial charge in [0, 0.05) is 12.1 Å². The van der Waals surface area contributed by atoms with E-state index in [1.54, 1.807) is 13.8 Å². The summed E-state index contributed by atoms with van der Waals surface area (Å²) in [6.07, 6.45) is -0.243. The van der Waals surface area contributed by atoms with Gasteiger partial charge in [-0.25, -0.2) is 0 Å². The molecular formula is C11H15ClN2O5. The molecule has 1 amide bonds. The summed E-state index contributed by atoms with van der Waals surface area (Å²) in [5, 5.41) is 10.9. The second-order valence-electron chi connectivity index (χ2n) is 3.81. The van der Waals surface area contributed by atoms with Crippen molar-refractivity contribution in [1.82, 2.24) is 0 Å². The number of methoxy groups -OCH3 is 1. The van der Waals surface area contributed by atoms with E-state index in [0.29, 0.717) is 0 Å². The predicted octanol–water partition coefficient (Wildman–Crippen LogP) is 1.91. The van der Waals surface area contributed by atoms with Crippen LogP contribution in [-0.2, 0) is 0 Å². The lowest BCUT2D eigenvalue weighted by molar-refractivity contribution is -0.386. The first-order valence-electron chi connectivity index (χ1n) is 5.19. The molecule has 0 atom stereocenters.